The van der Waals surface area contributed by atoms with Crippen molar-refractivity contribution in [3.63, 3.8) is 0 Å². The Bertz CT molecular complexity index is 540. The molecule has 1 heterocycles. The Hall–Kier alpha value is -2.01. The van der Waals surface area contributed by atoms with Crippen molar-refractivity contribution < 1.29 is 9.21 Å². The topological polar surface area (TPSA) is 67.2 Å². The second-order valence-corrected chi connectivity index (χ2v) is 4.00. The van der Waals surface area contributed by atoms with Gasteiger partial charge in [0.25, 0.3) is 5.91 Å². The molecule has 0 saturated carbocycles. The first kappa shape index (κ1) is 12.4. The molecule has 2 rings (SSSR count). The smallest absolute Gasteiger partial charge is 0.251 e. The fourth-order valence-corrected chi connectivity index (χ4v) is 1.64. The minimum atomic E-state index is -0.158. The third-order valence-corrected chi connectivity index (χ3v) is 2.72. The van der Waals surface area contributed by atoms with Crippen molar-refractivity contribution in [2.24, 2.45) is 0 Å². The van der Waals surface area contributed by atoms with E-state index >= 15 is 0 Å². The molecule has 6 heteroatoms. The van der Waals surface area contributed by atoms with Gasteiger partial charge in [-0.25, -0.2) is 4.98 Å². The van der Waals surface area contributed by atoms with E-state index < -0.39 is 0 Å². The van der Waals surface area contributed by atoms with Crippen LogP contribution in [0.25, 0.3) is 0 Å². The Morgan fingerprint density at radius 3 is 3.00 bits per heavy atom. The Kier molecular flexibility index (Phi) is 3.84. The molecule has 2 aromatic rings. The van der Waals surface area contributed by atoms with Gasteiger partial charge in [0.1, 0.15) is 5.76 Å². The van der Waals surface area contributed by atoms with Crippen LogP contribution in [0.5, 0.6) is 0 Å². The van der Waals surface area contributed by atoms with E-state index in [2.05, 4.69) is 15.6 Å². The molecule has 0 atom stereocenters. The zero-order valence-electron chi connectivity index (χ0n) is 9.74. The Labute approximate surface area is 109 Å². The number of hydrogen-bond acceptors (Lipinski definition) is 4. The first-order valence-corrected chi connectivity index (χ1v) is 5.71. The van der Waals surface area contributed by atoms with Gasteiger partial charge in [-0.3, -0.25) is 4.79 Å². The number of halogens is 1. The van der Waals surface area contributed by atoms with Gasteiger partial charge in [-0.05, 0) is 18.2 Å². The van der Waals surface area contributed by atoms with Crippen LogP contribution in [0.1, 0.15) is 16.1 Å². The zero-order chi connectivity index (χ0) is 13.0. The molecule has 0 radical (unpaired) electrons. The molecule has 1 amide bonds. The number of amides is 1. The number of hydrogen-bond donors (Lipinski definition) is 2. The Morgan fingerprint density at radius 1 is 1.50 bits per heavy atom. The van der Waals surface area contributed by atoms with Gasteiger partial charge >= 0.3 is 0 Å². The third-order valence-electron chi connectivity index (χ3n) is 2.39. The predicted octanol–water partition coefficient (Wildman–Crippen LogP) is 2.30. The molecule has 0 spiro atoms. The SMILES string of the molecule is CNC(=O)c1ccc(Cl)c(NCc2cnco2)c1. The lowest BCUT2D eigenvalue weighted by Crippen LogP contribution is -2.17. The molecule has 0 aliphatic carbocycles. The van der Waals surface area contributed by atoms with Crippen LogP contribution in [0.15, 0.2) is 35.2 Å². The van der Waals surface area contributed by atoms with Crippen LogP contribution in [-0.4, -0.2) is 17.9 Å². The van der Waals surface area contributed by atoms with Crippen LogP contribution in [0.2, 0.25) is 5.02 Å². The van der Waals surface area contributed by atoms with E-state index in [9.17, 15) is 4.79 Å². The molecule has 0 unspecified atom stereocenters. The number of carbonyl (C=O) groups excluding carboxylic acids is 1. The Morgan fingerprint density at radius 2 is 2.33 bits per heavy atom. The molecule has 5 nitrogen and oxygen atoms in total. The van der Waals surface area contributed by atoms with Gasteiger partial charge in [0.15, 0.2) is 6.39 Å². The highest BCUT2D eigenvalue weighted by Gasteiger charge is 2.07. The van der Waals surface area contributed by atoms with Crippen LogP contribution in [0, 0.1) is 0 Å². The van der Waals surface area contributed by atoms with E-state index in [0.717, 1.165) is 0 Å². The number of oxazole rings is 1. The lowest BCUT2D eigenvalue weighted by molar-refractivity contribution is 0.0963. The molecule has 1 aromatic carbocycles. The second kappa shape index (κ2) is 5.55. The highest BCUT2D eigenvalue weighted by atomic mass is 35.5. The molecule has 0 aliphatic rings. The summed E-state index contributed by atoms with van der Waals surface area (Å²) in [6, 6.07) is 5.03. The lowest BCUT2D eigenvalue weighted by Gasteiger charge is -2.08. The molecule has 1 aromatic heterocycles. The number of carbonyl (C=O) groups is 1. The molecule has 0 aliphatic heterocycles. The van der Waals surface area contributed by atoms with Gasteiger partial charge in [-0.1, -0.05) is 11.6 Å². The Balaban J connectivity index is 2.13. The third kappa shape index (κ3) is 2.81. The van der Waals surface area contributed by atoms with Gasteiger partial charge in [0.05, 0.1) is 23.5 Å². The van der Waals surface area contributed by atoms with Crippen molar-refractivity contribution in [2.75, 3.05) is 12.4 Å². The van der Waals surface area contributed by atoms with Gasteiger partial charge in [0.2, 0.25) is 0 Å². The van der Waals surface area contributed by atoms with Crippen LogP contribution >= 0.6 is 11.6 Å². The van der Waals surface area contributed by atoms with E-state index in [-0.39, 0.29) is 5.91 Å². The van der Waals surface area contributed by atoms with Crippen molar-refractivity contribution in [1.29, 1.82) is 0 Å². The van der Waals surface area contributed by atoms with E-state index in [0.29, 0.717) is 28.6 Å². The summed E-state index contributed by atoms with van der Waals surface area (Å²) in [5.41, 5.74) is 1.22. The maximum Gasteiger partial charge on any atom is 0.251 e. The van der Waals surface area contributed by atoms with Gasteiger partial charge < -0.3 is 15.1 Å². The summed E-state index contributed by atoms with van der Waals surface area (Å²) in [6.45, 7) is 0.455. The summed E-state index contributed by atoms with van der Waals surface area (Å²) in [5.74, 6) is 0.533. The number of nitrogens with one attached hydrogen (secondary N) is 2. The maximum atomic E-state index is 11.5. The quantitative estimate of drug-likeness (QED) is 0.890. The number of anilines is 1. The zero-order valence-corrected chi connectivity index (χ0v) is 10.5. The molecule has 0 fully saturated rings. The summed E-state index contributed by atoms with van der Waals surface area (Å²) >= 11 is 6.04. The molecule has 0 saturated heterocycles. The minimum Gasteiger partial charge on any atom is -0.447 e. The standard InChI is InChI=1S/C12H12ClN3O2/c1-14-12(17)8-2-3-10(13)11(4-8)16-6-9-5-15-7-18-9/h2-5,7,16H,6H2,1H3,(H,14,17). The van der Waals surface area contributed by atoms with E-state index in [1.165, 1.54) is 6.39 Å². The number of aromatic nitrogens is 1. The number of nitrogens with zero attached hydrogens (tertiary/aromatic N) is 1. The molecular formula is C12H12ClN3O2. The van der Waals surface area contributed by atoms with Crippen molar-refractivity contribution in [2.45, 2.75) is 6.54 Å². The van der Waals surface area contributed by atoms with Crippen molar-refractivity contribution >= 4 is 23.2 Å². The normalized spacial score (nSPS) is 10.1. The largest absolute Gasteiger partial charge is 0.447 e. The van der Waals surface area contributed by atoms with E-state index in [1.54, 1.807) is 31.4 Å². The van der Waals surface area contributed by atoms with Crippen molar-refractivity contribution in [1.82, 2.24) is 10.3 Å². The summed E-state index contributed by atoms with van der Waals surface area (Å²) in [6.07, 6.45) is 2.98. The van der Waals surface area contributed by atoms with Crippen LogP contribution in [-0.2, 0) is 6.54 Å². The molecule has 94 valence electrons. The lowest BCUT2D eigenvalue weighted by atomic mass is 10.2. The van der Waals surface area contributed by atoms with Crippen molar-refractivity contribution in [3.05, 3.63) is 47.1 Å². The summed E-state index contributed by atoms with van der Waals surface area (Å²) in [7, 11) is 1.58. The first-order valence-electron chi connectivity index (χ1n) is 5.33. The summed E-state index contributed by atoms with van der Waals surface area (Å²) in [5, 5.41) is 6.19. The second-order valence-electron chi connectivity index (χ2n) is 3.60. The van der Waals surface area contributed by atoms with Gasteiger partial charge in [-0.15, -0.1) is 0 Å². The fourth-order valence-electron chi connectivity index (χ4n) is 1.46. The van der Waals surface area contributed by atoms with E-state index in [4.69, 9.17) is 16.0 Å². The van der Waals surface area contributed by atoms with Crippen LogP contribution < -0.4 is 10.6 Å². The van der Waals surface area contributed by atoms with Crippen molar-refractivity contribution in [3.8, 4) is 0 Å². The first-order chi connectivity index (χ1) is 8.70. The monoisotopic (exact) mass is 265 g/mol. The van der Waals surface area contributed by atoms with E-state index in [1.807, 2.05) is 0 Å². The summed E-state index contributed by atoms with van der Waals surface area (Å²) in [4.78, 5) is 15.3. The van der Waals surface area contributed by atoms with Crippen LogP contribution in [0.4, 0.5) is 5.69 Å². The molecular weight excluding hydrogens is 254 g/mol. The predicted molar refractivity (Wildman–Crippen MR) is 68.7 cm³/mol. The van der Waals surface area contributed by atoms with Gasteiger partial charge in [-0.2, -0.15) is 0 Å². The average Bonchev–Trinajstić information content (AvgIpc) is 2.90. The number of rotatable bonds is 4. The van der Waals surface area contributed by atoms with Crippen LogP contribution in [0.3, 0.4) is 0 Å². The minimum absolute atomic E-state index is 0.158. The fraction of sp³-hybridized carbons (Fsp3) is 0.167. The summed E-state index contributed by atoms with van der Waals surface area (Å²) < 4.78 is 5.10. The maximum absolute atomic E-state index is 11.5. The molecule has 18 heavy (non-hydrogen) atoms. The average molecular weight is 266 g/mol. The number of benzene rings is 1. The molecule has 0 bridgehead atoms. The molecule has 2 N–H and O–H groups in total. The highest BCUT2D eigenvalue weighted by molar-refractivity contribution is 6.33. The van der Waals surface area contributed by atoms with Gasteiger partial charge in [0, 0.05) is 12.6 Å². The highest BCUT2D eigenvalue weighted by Crippen LogP contribution is 2.23.